The van der Waals surface area contributed by atoms with Crippen LogP contribution in [0.2, 0.25) is 10.0 Å². The van der Waals surface area contributed by atoms with Crippen molar-refractivity contribution >= 4 is 23.2 Å². The first-order valence-corrected chi connectivity index (χ1v) is 6.55. The van der Waals surface area contributed by atoms with Crippen molar-refractivity contribution in [2.75, 3.05) is 27.2 Å². The van der Waals surface area contributed by atoms with Gasteiger partial charge in [-0.25, -0.2) is 0 Å². The van der Waals surface area contributed by atoms with Gasteiger partial charge in [0.1, 0.15) is 0 Å². The highest BCUT2D eigenvalue weighted by molar-refractivity contribution is 6.35. The summed E-state index contributed by atoms with van der Waals surface area (Å²) in [5.74, 6) is 0.621. The average Bonchev–Trinajstić information content (AvgIpc) is 2.22. The molecule has 0 heterocycles. The van der Waals surface area contributed by atoms with Crippen LogP contribution in [0, 0.1) is 5.92 Å². The zero-order valence-corrected chi connectivity index (χ0v) is 12.1. The van der Waals surface area contributed by atoms with E-state index in [2.05, 4.69) is 24.2 Å². The lowest BCUT2D eigenvalue weighted by Crippen LogP contribution is -2.29. The molecule has 1 aromatic rings. The van der Waals surface area contributed by atoms with Crippen molar-refractivity contribution < 1.29 is 0 Å². The maximum absolute atomic E-state index is 6.15. The largest absolute Gasteiger partial charge is 0.319 e. The normalized spacial score (nSPS) is 13.1. The van der Waals surface area contributed by atoms with Gasteiger partial charge in [-0.05, 0) is 44.3 Å². The zero-order chi connectivity index (χ0) is 12.8. The molecule has 0 aliphatic carbocycles. The van der Waals surface area contributed by atoms with Gasteiger partial charge in [0.05, 0.1) is 0 Å². The minimum atomic E-state index is 0.621. The first kappa shape index (κ1) is 14.8. The molecule has 0 aliphatic heterocycles. The fourth-order valence-corrected chi connectivity index (χ4v) is 2.42. The monoisotopic (exact) mass is 274 g/mol. The van der Waals surface area contributed by atoms with E-state index < -0.39 is 0 Å². The van der Waals surface area contributed by atoms with Crippen LogP contribution in [0.5, 0.6) is 0 Å². The number of nitrogens with one attached hydrogen (secondary N) is 1. The quantitative estimate of drug-likeness (QED) is 0.857. The third-order valence-corrected chi connectivity index (χ3v) is 3.22. The molecule has 17 heavy (non-hydrogen) atoms. The van der Waals surface area contributed by atoms with Crippen molar-refractivity contribution in [3.05, 3.63) is 33.8 Å². The van der Waals surface area contributed by atoms with Crippen LogP contribution >= 0.6 is 23.2 Å². The molecule has 0 spiro atoms. The molecule has 1 rings (SSSR count). The van der Waals surface area contributed by atoms with Gasteiger partial charge in [-0.1, -0.05) is 36.2 Å². The van der Waals surface area contributed by atoms with Crippen molar-refractivity contribution in [1.29, 1.82) is 0 Å². The molecule has 2 nitrogen and oxygen atoms in total. The SMILES string of the molecule is CNCC(C)CN(C)Cc1ccc(Cl)cc1Cl. The lowest BCUT2D eigenvalue weighted by Gasteiger charge is -2.21. The fraction of sp³-hybridized carbons (Fsp3) is 0.538. The number of hydrogen-bond acceptors (Lipinski definition) is 2. The maximum atomic E-state index is 6.15. The third-order valence-electron chi connectivity index (χ3n) is 2.63. The molecule has 0 amide bonds. The highest BCUT2D eigenvalue weighted by atomic mass is 35.5. The summed E-state index contributed by atoms with van der Waals surface area (Å²) < 4.78 is 0. The van der Waals surface area contributed by atoms with Crippen LogP contribution in [0.25, 0.3) is 0 Å². The van der Waals surface area contributed by atoms with Crippen molar-refractivity contribution in [1.82, 2.24) is 10.2 Å². The lowest BCUT2D eigenvalue weighted by atomic mass is 10.1. The molecule has 1 atom stereocenters. The first-order chi connectivity index (χ1) is 8.02. The van der Waals surface area contributed by atoms with E-state index in [4.69, 9.17) is 23.2 Å². The number of nitrogens with zero attached hydrogens (tertiary/aromatic N) is 1. The van der Waals surface area contributed by atoms with Gasteiger partial charge in [-0.3, -0.25) is 0 Å². The number of benzene rings is 1. The number of halogens is 2. The highest BCUT2D eigenvalue weighted by Crippen LogP contribution is 2.22. The van der Waals surface area contributed by atoms with Crippen LogP contribution in [0.4, 0.5) is 0 Å². The molecule has 4 heteroatoms. The summed E-state index contributed by atoms with van der Waals surface area (Å²) in [4.78, 5) is 2.27. The second-order valence-electron chi connectivity index (χ2n) is 4.60. The van der Waals surface area contributed by atoms with E-state index >= 15 is 0 Å². The summed E-state index contributed by atoms with van der Waals surface area (Å²) in [6.45, 7) is 5.15. The van der Waals surface area contributed by atoms with E-state index in [9.17, 15) is 0 Å². The van der Waals surface area contributed by atoms with E-state index in [1.165, 1.54) is 0 Å². The standard InChI is InChI=1S/C13H20Cl2N2/c1-10(7-16-2)8-17(3)9-11-4-5-12(14)6-13(11)15/h4-6,10,16H,7-9H2,1-3H3. The van der Waals surface area contributed by atoms with Crippen LogP contribution in [0.3, 0.4) is 0 Å². The first-order valence-electron chi connectivity index (χ1n) is 5.80. The van der Waals surface area contributed by atoms with Crippen molar-refractivity contribution in [3.63, 3.8) is 0 Å². The Morgan fingerprint density at radius 1 is 1.35 bits per heavy atom. The predicted octanol–water partition coefficient (Wildman–Crippen LogP) is 3.28. The van der Waals surface area contributed by atoms with Gasteiger partial charge < -0.3 is 10.2 Å². The molecular formula is C13H20Cl2N2. The van der Waals surface area contributed by atoms with E-state index in [1.54, 1.807) is 6.07 Å². The molecule has 1 aromatic carbocycles. The lowest BCUT2D eigenvalue weighted by molar-refractivity contribution is 0.276. The molecule has 0 radical (unpaired) electrons. The fourth-order valence-electron chi connectivity index (χ4n) is 1.95. The molecule has 1 unspecified atom stereocenters. The van der Waals surface area contributed by atoms with Gasteiger partial charge in [0.25, 0.3) is 0 Å². The smallest absolute Gasteiger partial charge is 0.0465 e. The second-order valence-corrected chi connectivity index (χ2v) is 5.44. The Morgan fingerprint density at radius 3 is 2.65 bits per heavy atom. The summed E-state index contributed by atoms with van der Waals surface area (Å²) in [5, 5.41) is 4.61. The van der Waals surface area contributed by atoms with Crippen molar-refractivity contribution in [2.24, 2.45) is 5.92 Å². The van der Waals surface area contributed by atoms with Gasteiger partial charge in [-0.2, -0.15) is 0 Å². The molecule has 0 saturated carbocycles. The van der Waals surface area contributed by atoms with Crippen LogP contribution < -0.4 is 5.32 Å². The van der Waals surface area contributed by atoms with E-state index in [-0.39, 0.29) is 0 Å². The van der Waals surface area contributed by atoms with Crippen LogP contribution in [-0.2, 0) is 6.54 Å². The summed E-state index contributed by atoms with van der Waals surface area (Å²) in [5.41, 5.74) is 1.12. The Balaban J connectivity index is 2.52. The predicted molar refractivity (Wildman–Crippen MR) is 75.9 cm³/mol. The molecule has 0 bridgehead atoms. The molecule has 0 saturated heterocycles. The Kier molecular flexibility index (Phi) is 6.28. The molecule has 0 aromatic heterocycles. The van der Waals surface area contributed by atoms with Crippen LogP contribution in [0.15, 0.2) is 18.2 Å². The molecule has 0 aliphatic rings. The average molecular weight is 275 g/mol. The summed E-state index contributed by atoms with van der Waals surface area (Å²) in [6, 6.07) is 5.67. The minimum Gasteiger partial charge on any atom is -0.319 e. The maximum Gasteiger partial charge on any atom is 0.0465 e. The van der Waals surface area contributed by atoms with E-state index in [0.717, 1.165) is 30.2 Å². The van der Waals surface area contributed by atoms with Gasteiger partial charge in [0.15, 0.2) is 0 Å². The third kappa shape index (κ3) is 5.26. The number of hydrogen-bond donors (Lipinski definition) is 1. The van der Waals surface area contributed by atoms with Gasteiger partial charge in [-0.15, -0.1) is 0 Å². The zero-order valence-electron chi connectivity index (χ0n) is 10.6. The highest BCUT2D eigenvalue weighted by Gasteiger charge is 2.08. The Labute approximate surface area is 114 Å². The molecule has 0 fully saturated rings. The topological polar surface area (TPSA) is 15.3 Å². The molecular weight excluding hydrogens is 255 g/mol. The Hall–Kier alpha value is -0.280. The summed E-state index contributed by atoms with van der Waals surface area (Å²) in [7, 11) is 4.09. The second kappa shape index (κ2) is 7.22. The van der Waals surface area contributed by atoms with Crippen molar-refractivity contribution in [3.8, 4) is 0 Å². The minimum absolute atomic E-state index is 0.621. The van der Waals surface area contributed by atoms with Gasteiger partial charge in [0.2, 0.25) is 0 Å². The summed E-state index contributed by atoms with van der Waals surface area (Å²) >= 11 is 12.0. The molecule has 1 N–H and O–H groups in total. The van der Waals surface area contributed by atoms with Gasteiger partial charge >= 0.3 is 0 Å². The van der Waals surface area contributed by atoms with Crippen LogP contribution in [0.1, 0.15) is 12.5 Å². The molecule has 96 valence electrons. The summed E-state index contributed by atoms with van der Waals surface area (Å²) in [6.07, 6.45) is 0. The van der Waals surface area contributed by atoms with Crippen LogP contribution in [-0.4, -0.2) is 32.1 Å². The Bertz CT molecular complexity index is 355. The van der Waals surface area contributed by atoms with Gasteiger partial charge in [0, 0.05) is 23.1 Å². The van der Waals surface area contributed by atoms with E-state index in [0.29, 0.717) is 10.9 Å². The Morgan fingerprint density at radius 2 is 2.06 bits per heavy atom. The number of rotatable bonds is 6. The van der Waals surface area contributed by atoms with E-state index in [1.807, 2.05) is 19.2 Å². The van der Waals surface area contributed by atoms with Crippen molar-refractivity contribution in [2.45, 2.75) is 13.5 Å².